The topological polar surface area (TPSA) is 46.2 Å². The van der Waals surface area contributed by atoms with Crippen LogP contribution >= 0.6 is 15.9 Å². The van der Waals surface area contributed by atoms with Gasteiger partial charge in [-0.25, -0.2) is 0 Å². The fourth-order valence-corrected chi connectivity index (χ4v) is 1.62. The lowest BCUT2D eigenvalue weighted by Crippen LogP contribution is -2.35. The van der Waals surface area contributed by atoms with E-state index in [2.05, 4.69) is 21.2 Å². The second-order valence-electron chi connectivity index (χ2n) is 2.76. The highest BCUT2D eigenvalue weighted by Crippen LogP contribution is 2.24. The summed E-state index contributed by atoms with van der Waals surface area (Å²) < 4.78 is 0. The molecule has 66 valence electrons. The number of ketones is 1. The van der Waals surface area contributed by atoms with Gasteiger partial charge in [-0.2, -0.15) is 0 Å². The van der Waals surface area contributed by atoms with E-state index in [0.717, 1.165) is 0 Å². The second-order valence-corrected chi connectivity index (χ2v) is 3.68. The largest absolute Gasteiger partial charge is 0.324 e. The molecule has 1 atom stereocenters. The molecule has 3 nitrogen and oxygen atoms in total. The fraction of sp³-hybridized carbons (Fsp3) is 0.111. The predicted octanol–water partition coefficient (Wildman–Crippen LogP) is 1.58. The molecule has 1 heterocycles. The molecule has 0 spiro atoms. The highest BCUT2D eigenvalue weighted by atomic mass is 79.9. The number of hydrogen-bond donors (Lipinski definition) is 1. The Kier molecular flexibility index (Phi) is 1.92. The summed E-state index contributed by atoms with van der Waals surface area (Å²) in [5.41, 5.74) is 1.15. The zero-order valence-electron chi connectivity index (χ0n) is 6.58. The first-order valence-electron chi connectivity index (χ1n) is 3.78. The van der Waals surface area contributed by atoms with Crippen LogP contribution in [0.15, 0.2) is 24.3 Å². The molecule has 0 saturated heterocycles. The van der Waals surface area contributed by atoms with E-state index < -0.39 is 4.83 Å². The van der Waals surface area contributed by atoms with E-state index in [9.17, 15) is 9.59 Å². The monoisotopic (exact) mass is 239 g/mol. The molecule has 0 bridgehead atoms. The summed E-state index contributed by atoms with van der Waals surface area (Å²) in [5.74, 6) is -0.483. The maximum absolute atomic E-state index is 11.5. The van der Waals surface area contributed by atoms with Crippen molar-refractivity contribution in [3.63, 3.8) is 0 Å². The van der Waals surface area contributed by atoms with E-state index in [-0.39, 0.29) is 11.7 Å². The number of halogens is 1. The van der Waals surface area contributed by atoms with Crippen LogP contribution in [-0.2, 0) is 4.79 Å². The van der Waals surface area contributed by atoms with E-state index in [1.54, 1.807) is 24.3 Å². The minimum atomic E-state index is -0.748. The predicted molar refractivity (Wildman–Crippen MR) is 52.1 cm³/mol. The molecule has 1 aromatic rings. The number of alkyl halides is 1. The van der Waals surface area contributed by atoms with E-state index in [1.165, 1.54) is 0 Å². The Morgan fingerprint density at radius 2 is 1.92 bits per heavy atom. The molecule has 1 unspecified atom stereocenters. The molecule has 1 aliphatic heterocycles. The van der Waals surface area contributed by atoms with Crippen molar-refractivity contribution in [1.82, 2.24) is 0 Å². The quantitative estimate of drug-likeness (QED) is 0.552. The van der Waals surface area contributed by atoms with Crippen molar-refractivity contribution in [3.05, 3.63) is 29.8 Å². The minimum Gasteiger partial charge on any atom is -0.324 e. The van der Waals surface area contributed by atoms with Crippen LogP contribution in [0.3, 0.4) is 0 Å². The first-order valence-corrected chi connectivity index (χ1v) is 4.70. The van der Waals surface area contributed by atoms with E-state index >= 15 is 0 Å². The Hall–Kier alpha value is -1.16. The lowest BCUT2D eigenvalue weighted by Gasteiger charge is -2.18. The Balaban J connectivity index is 2.55. The standard InChI is InChI=1S/C9H6BrNO2/c10-7-8(12)5-3-1-2-4-6(5)11-9(7)13/h1-4,7H,(H,11,13). The van der Waals surface area contributed by atoms with Crippen LogP contribution in [0.4, 0.5) is 5.69 Å². The van der Waals surface area contributed by atoms with Crippen molar-refractivity contribution in [2.24, 2.45) is 0 Å². The lowest BCUT2D eigenvalue weighted by molar-refractivity contribution is -0.115. The Morgan fingerprint density at radius 1 is 1.23 bits per heavy atom. The summed E-state index contributed by atoms with van der Waals surface area (Å²) in [7, 11) is 0. The third kappa shape index (κ3) is 1.27. The minimum absolute atomic E-state index is 0.181. The molecule has 0 aromatic heterocycles. The number of Topliss-reactive ketones (excluding diaryl/α,β-unsaturated/α-hetero) is 1. The van der Waals surface area contributed by atoms with Gasteiger partial charge in [0.1, 0.15) is 0 Å². The van der Waals surface area contributed by atoms with Crippen molar-refractivity contribution in [2.75, 3.05) is 5.32 Å². The molecular weight excluding hydrogens is 234 g/mol. The zero-order chi connectivity index (χ0) is 9.42. The first kappa shape index (κ1) is 8.44. The molecule has 2 rings (SSSR count). The van der Waals surface area contributed by atoms with Gasteiger partial charge in [0.05, 0.1) is 5.69 Å². The molecular formula is C9H6BrNO2. The van der Waals surface area contributed by atoms with E-state index in [4.69, 9.17) is 0 Å². The van der Waals surface area contributed by atoms with Gasteiger partial charge in [0.2, 0.25) is 5.91 Å². The average Bonchev–Trinajstić information content (AvgIpc) is 2.15. The smallest absolute Gasteiger partial charge is 0.246 e. The molecule has 0 radical (unpaired) electrons. The molecule has 1 aliphatic rings. The maximum atomic E-state index is 11.5. The fourth-order valence-electron chi connectivity index (χ4n) is 1.26. The van der Waals surface area contributed by atoms with Crippen LogP contribution in [0, 0.1) is 0 Å². The van der Waals surface area contributed by atoms with E-state index in [0.29, 0.717) is 11.3 Å². The van der Waals surface area contributed by atoms with E-state index in [1.807, 2.05) is 0 Å². The summed E-state index contributed by atoms with van der Waals surface area (Å²) in [5, 5.41) is 2.63. The van der Waals surface area contributed by atoms with Crippen LogP contribution in [0.25, 0.3) is 0 Å². The maximum Gasteiger partial charge on any atom is 0.246 e. The summed E-state index contributed by atoms with van der Waals surface area (Å²) in [6.07, 6.45) is 0. The lowest BCUT2D eigenvalue weighted by atomic mass is 10.0. The second kappa shape index (κ2) is 2.96. The van der Waals surface area contributed by atoms with Crippen molar-refractivity contribution < 1.29 is 9.59 Å². The molecule has 0 aliphatic carbocycles. The number of anilines is 1. The number of para-hydroxylation sites is 1. The zero-order valence-corrected chi connectivity index (χ0v) is 8.17. The number of nitrogens with one attached hydrogen (secondary N) is 1. The van der Waals surface area contributed by atoms with Gasteiger partial charge >= 0.3 is 0 Å². The van der Waals surface area contributed by atoms with Crippen molar-refractivity contribution in [3.8, 4) is 0 Å². The normalized spacial score (nSPS) is 20.8. The van der Waals surface area contributed by atoms with Crippen LogP contribution in [0.5, 0.6) is 0 Å². The average molecular weight is 240 g/mol. The number of hydrogen-bond acceptors (Lipinski definition) is 2. The van der Waals surface area contributed by atoms with Gasteiger partial charge in [-0.1, -0.05) is 28.1 Å². The number of benzene rings is 1. The molecule has 1 amide bonds. The van der Waals surface area contributed by atoms with Gasteiger partial charge < -0.3 is 5.32 Å². The third-order valence-corrected chi connectivity index (χ3v) is 2.74. The molecule has 13 heavy (non-hydrogen) atoms. The van der Waals surface area contributed by atoms with Crippen LogP contribution < -0.4 is 5.32 Å². The number of carbonyl (C=O) groups is 2. The van der Waals surface area contributed by atoms with Crippen LogP contribution in [0.1, 0.15) is 10.4 Å². The van der Waals surface area contributed by atoms with Crippen molar-refractivity contribution in [1.29, 1.82) is 0 Å². The number of carbonyl (C=O) groups excluding carboxylic acids is 2. The summed E-state index contributed by atoms with van der Waals surface area (Å²) in [4.78, 5) is 22.0. The Bertz CT molecular complexity index is 389. The Labute approximate surface area is 83.3 Å². The number of rotatable bonds is 0. The highest BCUT2D eigenvalue weighted by Gasteiger charge is 2.31. The molecule has 1 aromatic carbocycles. The van der Waals surface area contributed by atoms with Crippen LogP contribution in [-0.4, -0.2) is 16.5 Å². The summed E-state index contributed by atoms with van der Waals surface area (Å²) >= 11 is 3.03. The number of fused-ring (bicyclic) bond motifs is 1. The van der Waals surface area contributed by atoms with Crippen molar-refractivity contribution >= 4 is 33.3 Å². The van der Waals surface area contributed by atoms with Crippen molar-refractivity contribution in [2.45, 2.75) is 4.83 Å². The van der Waals surface area contributed by atoms with Gasteiger partial charge in [0, 0.05) is 5.56 Å². The van der Waals surface area contributed by atoms with Crippen LogP contribution in [0.2, 0.25) is 0 Å². The number of amides is 1. The molecule has 1 N–H and O–H groups in total. The summed E-state index contributed by atoms with van der Waals surface area (Å²) in [6.45, 7) is 0. The molecule has 0 saturated carbocycles. The SMILES string of the molecule is O=C1Nc2ccccc2C(=O)C1Br. The summed E-state index contributed by atoms with van der Waals surface area (Å²) in [6, 6.07) is 6.96. The molecule has 4 heteroatoms. The van der Waals surface area contributed by atoms with Gasteiger partial charge in [-0.15, -0.1) is 0 Å². The molecule has 0 fully saturated rings. The highest BCUT2D eigenvalue weighted by molar-refractivity contribution is 9.10. The first-order chi connectivity index (χ1) is 6.20. The Morgan fingerprint density at radius 3 is 2.69 bits per heavy atom. The van der Waals surface area contributed by atoms with Gasteiger partial charge in [-0.3, -0.25) is 9.59 Å². The van der Waals surface area contributed by atoms with Gasteiger partial charge in [0.15, 0.2) is 10.6 Å². The third-order valence-electron chi connectivity index (χ3n) is 1.91. The van der Waals surface area contributed by atoms with Gasteiger partial charge in [-0.05, 0) is 12.1 Å². The van der Waals surface area contributed by atoms with Gasteiger partial charge in [0.25, 0.3) is 0 Å².